The Labute approximate surface area is 197 Å². The Hall–Kier alpha value is -2.61. The van der Waals surface area contributed by atoms with Crippen LogP contribution in [0.15, 0.2) is 70.6 Å². The molecule has 0 bridgehead atoms. The van der Waals surface area contributed by atoms with Gasteiger partial charge in [0.2, 0.25) is 0 Å². The van der Waals surface area contributed by atoms with Gasteiger partial charge in [-0.3, -0.25) is 9.48 Å². The van der Waals surface area contributed by atoms with E-state index in [4.69, 9.17) is 16.3 Å². The van der Waals surface area contributed by atoms with E-state index in [9.17, 15) is 4.79 Å². The van der Waals surface area contributed by atoms with Crippen molar-refractivity contribution in [2.75, 3.05) is 5.32 Å². The molecule has 2 heterocycles. The highest BCUT2D eigenvalue weighted by atomic mass is 79.9. The number of halogens is 2. The van der Waals surface area contributed by atoms with Gasteiger partial charge < -0.3 is 10.1 Å². The molecule has 0 saturated heterocycles. The number of thiophene rings is 1. The molecule has 1 amide bonds. The van der Waals surface area contributed by atoms with Crippen molar-refractivity contribution in [3.05, 3.63) is 97.2 Å². The lowest BCUT2D eigenvalue weighted by Gasteiger charge is -2.07. The number of aromatic nitrogens is 2. The minimum absolute atomic E-state index is 0.247. The molecule has 158 valence electrons. The number of hydrogen-bond donors (Lipinski definition) is 1. The minimum atomic E-state index is -0.247. The van der Waals surface area contributed by atoms with Crippen LogP contribution in [-0.2, 0) is 13.2 Å². The van der Waals surface area contributed by atoms with Crippen molar-refractivity contribution in [1.82, 2.24) is 9.78 Å². The lowest BCUT2D eigenvalue weighted by molar-refractivity contribution is 0.103. The van der Waals surface area contributed by atoms with Crippen LogP contribution in [0.25, 0.3) is 0 Å². The summed E-state index contributed by atoms with van der Waals surface area (Å²) in [5.74, 6) is 0.931. The molecular formula is C23H19BrClN3O2S. The first-order valence-corrected chi connectivity index (χ1v) is 11.6. The number of nitrogens with zero attached hydrogens (tertiary/aromatic N) is 2. The van der Waals surface area contributed by atoms with Gasteiger partial charge in [-0.25, -0.2) is 0 Å². The molecule has 5 nitrogen and oxygen atoms in total. The van der Waals surface area contributed by atoms with Crippen molar-refractivity contribution in [3.8, 4) is 5.75 Å². The molecule has 0 atom stereocenters. The highest BCUT2D eigenvalue weighted by Gasteiger charge is 2.15. The number of carbonyl (C=O) groups excluding carboxylic acids is 1. The Kier molecular flexibility index (Phi) is 6.75. The third-order valence-corrected chi connectivity index (χ3v) is 6.36. The zero-order valence-electron chi connectivity index (χ0n) is 16.6. The molecular weight excluding hydrogens is 498 g/mol. The second kappa shape index (κ2) is 9.68. The topological polar surface area (TPSA) is 56.1 Å². The third kappa shape index (κ3) is 5.55. The van der Waals surface area contributed by atoms with Crippen LogP contribution in [0.5, 0.6) is 5.75 Å². The van der Waals surface area contributed by atoms with Gasteiger partial charge in [0.1, 0.15) is 17.4 Å². The Bertz CT molecular complexity index is 1200. The zero-order chi connectivity index (χ0) is 21.8. The number of anilines is 1. The quantitative estimate of drug-likeness (QED) is 0.303. The number of ether oxygens (including phenoxy) is 1. The first-order chi connectivity index (χ1) is 15.0. The van der Waals surface area contributed by atoms with Gasteiger partial charge in [-0.2, -0.15) is 5.10 Å². The SMILES string of the molecule is Cc1ccccc1OCc1csc(C(=O)Nc2nn(Cc3ccc(Br)cc3)cc2Cl)c1. The molecule has 0 aliphatic rings. The molecule has 31 heavy (non-hydrogen) atoms. The zero-order valence-corrected chi connectivity index (χ0v) is 19.8. The van der Waals surface area contributed by atoms with Gasteiger partial charge in [0.25, 0.3) is 5.91 Å². The number of rotatable bonds is 7. The van der Waals surface area contributed by atoms with Crippen LogP contribution in [-0.4, -0.2) is 15.7 Å². The van der Waals surface area contributed by atoms with Crippen LogP contribution in [0.3, 0.4) is 0 Å². The van der Waals surface area contributed by atoms with Crippen molar-refractivity contribution < 1.29 is 9.53 Å². The van der Waals surface area contributed by atoms with E-state index in [1.165, 1.54) is 11.3 Å². The average molecular weight is 517 g/mol. The Balaban J connectivity index is 1.38. The van der Waals surface area contributed by atoms with Crippen LogP contribution in [0.2, 0.25) is 5.02 Å². The van der Waals surface area contributed by atoms with Crippen molar-refractivity contribution >= 4 is 50.6 Å². The molecule has 2 aromatic heterocycles. The largest absolute Gasteiger partial charge is 0.489 e. The first-order valence-electron chi connectivity index (χ1n) is 9.52. The minimum Gasteiger partial charge on any atom is -0.489 e. The number of para-hydroxylation sites is 1. The summed E-state index contributed by atoms with van der Waals surface area (Å²) < 4.78 is 8.58. The summed E-state index contributed by atoms with van der Waals surface area (Å²) >= 11 is 11.1. The normalized spacial score (nSPS) is 10.8. The number of hydrogen-bond acceptors (Lipinski definition) is 4. The second-order valence-corrected chi connectivity index (χ2v) is 9.21. The fraction of sp³-hybridized carbons (Fsp3) is 0.130. The Morgan fingerprint density at radius 3 is 2.74 bits per heavy atom. The van der Waals surface area contributed by atoms with E-state index in [1.54, 1.807) is 10.9 Å². The van der Waals surface area contributed by atoms with E-state index in [-0.39, 0.29) is 5.91 Å². The average Bonchev–Trinajstić information content (AvgIpc) is 3.36. The lowest BCUT2D eigenvalue weighted by Crippen LogP contribution is -2.11. The van der Waals surface area contributed by atoms with Crippen molar-refractivity contribution in [3.63, 3.8) is 0 Å². The summed E-state index contributed by atoms with van der Waals surface area (Å²) in [4.78, 5) is 13.2. The maximum Gasteiger partial charge on any atom is 0.266 e. The number of aryl methyl sites for hydroxylation is 1. The molecule has 0 spiro atoms. The molecule has 0 aliphatic heterocycles. The highest BCUT2D eigenvalue weighted by molar-refractivity contribution is 9.10. The van der Waals surface area contributed by atoms with Gasteiger partial charge >= 0.3 is 0 Å². The molecule has 0 aliphatic carbocycles. The fourth-order valence-corrected chi connectivity index (χ4v) is 4.21. The molecule has 8 heteroatoms. The van der Waals surface area contributed by atoms with Crippen LogP contribution >= 0.6 is 38.9 Å². The maximum absolute atomic E-state index is 12.7. The van der Waals surface area contributed by atoms with E-state index >= 15 is 0 Å². The van der Waals surface area contributed by atoms with Crippen LogP contribution in [0, 0.1) is 6.92 Å². The predicted molar refractivity (Wildman–Crippen MR) is 128 cm³/mol. The second-order valence-electron chi connectivity index (χ2n) is 6.98. The number of nitrogens with one attached hydrogen (secondary N) is 1. The van der Waals surface area contributed by atoms with Gasteiger partial charge in [-0.1, -0.05) is 57.9 Å². The van der Waals surface area contributed by atoms with Crippen molar-refractivity contribution in [1.29, 1.82) is 0 Å². The van der Waals surface area contributed by atoms with Crippen molar-refractivity contribution in [2.24, 2.45) is 0 Å². The summed E-state index contributed by atoms with van der Waals surface area (Å²) in [6, 6.07) is 17.6. The maximum atomic E-state index is 12.7. The first kappa shape index (κ1) is 21.6. The van der Waals surface area contributed by atoms with Gasteiger partial charge in [-0.05, 0) is 47.7 Å². The van der Waals surface area contributed by atoms with Crippen LogP contribution in [0.4, 0.5) is 5.82 Å². The highest BCUT2D eigenvalue weighted by Crippen LogP contribution is 2.24. The van der Waals surface area contributed by atoms with E-state index in [1.807, 2.05) is 66.9 Å². The van der Waals surface area contributed by atoms with E-state index in [2.05, 4.69) is 26.3 Å². The predicted octanol–water partition coefficient (Wildman–Crippen LogP) is 6.55. The number of amides is 1. The molecule has 1 N–H and O–H groups in total. The number of benzene rings is 2. The van der Waals surface area contributed by atoms with Crippen LogP contribution in [0.1, 0.15) is 26.4 Å². The summed E-state index contributed by atoms with van der Waals surface area (Å²) in [7, 11) is 0. The van der Waals surface area contributed by atoms with E-state index < -0.39 is 0 Å². The van der Waals surface area contributed by atoms with Gasteiger partial charge in [-0.15, -0.1) is 11.3 Å². The van der Waals surface area contributed by atoms with Gasteiger partial charge in [0, 0.05) is 16.2 Å². The molecule has 4 rings (SSSR count). The van der Waals surface area contributed by atoms with Gasteiger partial charge in [0.15, 0.2) is 5.82 Å². The van der Waals surface area contributed by atoms with Crippen LogP contribution < -0.4 is 10.1 Å². The molecule has 4 aromatic rings. The van der Waals surface area contributed by atoms with Crippen molar-refractivity contribution in [2.45, 2.75) is 20.1 Å². The molecule has 0 radical (unpaired) electrons. The third-order valence-electron chi connectivity index (χ3n) is 4.57. The lowest BCUT2D eigenvalue weighted by atomic mass is 10.2. The van der Waals surface area contributed by atoms with E-state index in [0.29, 0.717) is 28.9 Å². The Morgan fingerprint density at radius 2 is 1.97 bits per heavy atom. The summed E-state index contributed by atoms with van der Waals surface area (Å²) in [6.07, 6.45) is 1.70. The molecule has 2 aromatic carbocycles. The Morgan fingerprint density at radius 1 is 1.19 bits per heavy atom. The smallest absolute Gasteiger partial charge is 0.266 e. The summed E-state index contributed by atoms with van der Waals surface area (Å²) in [6.45, 7) is 2.96. The van der Waals surface area contributed by atoms with E-state index in [0.717, 1.165) is 26.9 Å². The molecule has 0 fully saturated rings. The standard InChI is InChI=1S/C23H19BrClN3O2S/c1-15-4-2-3-5-20(15)30-13-17-10-21(31-14-17)23(29)26-22-19(25)12-28(27-22)11-16-6-8-18(24)9-7-16/h2-10,12,14H,11,13H2,1H3,(H,26,27,29). The molecule has 0 unspecified atom stereocenters. The van der Waals surface area contributed by atoms with Gasteiger partial charge in [0.05, 0.1) is 11.4 Å². The fourth-order valence-electron chi connectivity index (χ4n) is 2.96. The summed E-state index contributed by atoms with van der Waals surface area (Å²) in [5, 5.41) is 9.52. The number of carbonyl (C=O) groups is 1. The summed E-state index contributed by atoms with van der Waals surface area (Å²) in [5.41, 5.74) is 3.09. The monoisotopic (exact) mass is 515 g/mol. The molecule has 0 saturated carbocycles.